The van der Waals surface area contributed by atoms with Crippen LogP contribution in [0.4, 0.5) is 0 Å². The number of aryl methyl sites for hydroxylation is 1. The van der Waals surface area contributed by atoms with Gasteiger partial charge in [-0.25, -0.2) is 0 Å². The zero-order valence-corrected chi connectivity index (χ0v) is 19.1. The highest BCUT2D eigenvalue weighted by molar-refractivity contribution is 6.10. The third-order valence-corrected chi connectivity index (χ3v) is 7.87. The fourth-order valence-corrected chi connectivity index (χ4v) is 6.48. The fourth-order valence-electron chi connectivity index (χ4n) is 6.48. The highest BCUT2D eigenvalue weighted by Crippen LogP contribution is 2.58. The van der Waals surface area contributed by atoms with E-state index in [0.717, 1.165) is 0 Å². The molecular weight excluding hydrogens is 408 g/mol. The minimum absolute atomic E-state index is 0.348. The maximum atomic E-state index is 2.38. The van der Waals surface area contributed by atoms with Gasteiger partial charge in [0.2, 0.25) is 0 Å². The first kappa shape index (κ1) is 19.6. The van der Waals surface area contributed by atoms with Gasteiger partial charge in [-0.2, -0.15) is 0 Å². The Hall–Kier alpha value is -3.90. The van der Waals surface area contributed by atoms with Crippen molar-refractivity contribution in [3.63, 3.8) is 0 Å². The van der Waals surface area contributed by atoms with Crippen molar-refractivity contribution < 1.29 is 0 Å². The van der Waals surface area contributed by atoms with Gasteiger partial charge in [0.1, 0.15) is 0 Å². The molecule has 2 aliphatic rings. The molecule has 0 saturated carbocycles. The Kier molecular flexibility index (Phi) is 4.52. The summed E-state index contributed by atoms with van der Waals surface area (Å²) in [4.78, 5) is 0. The first-order valence-electron chi connectivity index (χ1n) is 12.3. The molecule has 0 nitrogen and oxygen atoms in total. The predicted molar refractivity (Wildman–Crippen MR) is 143 cm³/mol. The fraction of sp³-hybridized carbons (Fsp3) is 0.118. The Morgan fingerprint density at radius 1 is 0.529 bits per heavy atom. The molecule has 0 amide bonds. The van der Waals surface area contributed by atoms with E-state index >= 15 is 0 Å². The summed E-state index contributed by atoms with van der Waals surface area (Å²) >= 11 is 0. The second-order valence-electron chi connectivity index (χ2n) is 9.59. The molecule has 0 spiro atoms. The first-order valence-corrected chi connectivity index (χ1v) is 12.3. The van der Waals surface area contributed by atoms with Crippen LogP contribution >= 0.6 is 0 Å². The molecule has 162 valence electrons. The van der Waals surface area contributed by atoms with Gasteiger partial charge in [0.05, 0.1) is 0 Å². The Morgan fingerprint density at radius 2 is 1.21 bits per heavy atom. The molecule has 0 radical (unpaired) electrons. The van der Waals surface area contributed by atoms with Gasteiger partial charge in [-0.1, -0.05) is 121 Å². The quantitative estimate of drug-likeness (QED) is 0.267. The molecular formula is C34H26. The van der Waals surface area contributed by atoms with Crippen LogP contribution in [0.15, 0.2) is 121 Å². The molecule has 0 aromatic heterocycles. The van der Waals surface area contributed by atoms with Gasteiger partial charge >= 0.3 is 0 Å². The van der Waals surface area contributed by atoms with Gasteiger partial charge < -0.3 is 0 Å². The van der Waals surface area contributed by atoms with E-state index in [2.05, 4.69) is 121 Å². The van der Waals surface area contributed by atoms with Crippen molar-refractivity contribution in [2.75, 3.05) is 0 Å². The van der Waals surface area contributed by atoms with Crippen molar-refractivity contribution >= 4 is 21.9 Å². The zero-order valence-electron chi connectivity index (χ0n) is 19.1. The molecule has 2 atom stereocenters. The average Bonchev–Trinajstić information content (AvgIpc) is 3.48. The standard InChI is InChI=1S/C34H26/c1-2-13-25(14-3-1)32-29-18-8-9-19-30(29)33(31-22-21-24-12-5-7-17-27(24)31)34(32)28-20-10-15-23-11-4-6-16-26(23)28/h1-20,31,33H,21-22H2. The molecule has 0 heterocycles. The Bertz CT molecular complexity index is 1550. The molecule has 0 heteroatoms. The number of rotatable bonds is 3. The van der Waals surface area contributed by atoms with E-state index in [9.17, 15) is 0 Å². The monoisotopic (exact) mass is 434 g/mol. The van der Waals surface area contributed by atoms with Crippen LogP contribution in [0, 0.1) is 0 Å². The second kappa shape index (κ2) is 7.85. The van der Waals surface area contributed by atoms with Crippen molar-refractivity contribution in [2.45, 2.75) is 24.7 Å². The van der Waals surface area contributed by atoms with Gasteiger partial charge in [0.25, 0.3) is 0 Å². The SMILES string of the molecule is c1ccc(C2=C(c3cccc4ccccc34)C(C3CCc4ccccc43)c3ccccc32)cc1. The molecule has 0 saturated heterocycles. The Balaban J connectivity index is 1.57. The maximum absolute atomic E-state index is 2.38. The topological polar surface area (TPSA) is 0 Å². The van der Waals surface area contributed by atoms with Crippen LogP contribution in [0.2, 0.25) is 0 Å². The predicted octanol–water partition coefficient (Wildman–Crippen LogP) is 8.63. The number of allylic oxidation sites excluding steroid dienone is 1. The Morgan fingerprint density at radius 3 is 2.12 bits per heavy atom. The number of benzene rings is 5. The lowest BCUT2D eigenvalue weighted by Crippen LogP contribution is -2.09. The van der Waals surface area contributed by atoms with E-state index in [4.69, 9.17) is 0 Å². The third kappa shape index (κ3) is 2.92. The van der Waals surface area contributed by atoms with Crippen LogP contribution in [0.3, 0.4) is 0 Å². The average molecular weight is 435 g/mol. The summed E-state index contributed by atoms with van der Waals surface area (Å²) in [5, 5.41) is 2.65. The minimum Gasteiger partial charge on any atom is -0.0622 e. The lowest BCUT2D eigenvalue weighted by Gasteiger charge is -2.26. The summed E-state index contributed by atoms with van der Waals surface area (Å²) in [6, 6.07) is 45.0. The van der Waals surface area contributed by atoms with E-state index in [1.165, 1.54) is 68.1 Å². The van der Waals surface area contributed by atoms with Crippen molar-refractivity contribution in [2.24, 2.45) is 0 Å². The van der Waals surface area contributed by atoms with Gasteiger partial charge in [-0.05, 0) is 74.1 Å². The molecule has 0 N–H and O–H groups in total. The van der Waals surface area contributed by atoms with Crippen LogP contribution < -0.4 is 0 Å². The van der Waals surface area contributed by atoms with Gasteiger partial charge in [-0.15, -0.1) is 0 Å². The van der Waals surface area contributed by atoms with E-state index in [0.29, 0.717) is 11.8 Å². The lowest BCUT2D eigenvalue weighted by atomic mass is 9.77. The number of hydrogen-bond acceptors (Lipinski definition) is 0. The van der Waals surface area contributed by atoms with Crippen LogP contribution in [0.25, 0.3) is 21.9 Å². The van der Waals surface area contributed by atoms with Crippen LogP contribution in [-0.4, -0.2) is 0 Å². The highest BCUT2D eigenvalue weighted by atomic mass is 14.4. The van der Waals surface area contributed by atoms with Gasteiger partial charge in [0, 0.05) is 5.92 Å². The van der Waals surface area contributed by atoms with Gasteiger partial charge in [-0.3, -0.25) is 0 Å². The van der Waals surface area contributed by atoms with Gasteiger partial charge in [0.15, 0.2) is 0 Å². The third-order valence-electron chi connectivity index (χ3n) is 7.87. The van der Waals surface area contributed by atoms with E-state index in [1.54, 1.807) is 0 Å². The Labute approximate surface area is 201 Å². The molecule has 34 heavy (non-hydrogen) atoms. The summed E-state index contributed by atoms with van der Waals surface area (Å²) in [6.45, 7) is 0. The van der Waals surface area contributed by atoms with E-state index in [-0.39, 0.29) is 0 Å². The molecule has 2 unspecified atom stereocenters. The molecule has 2 aliphatic carbocycles. The molecule has 5 aromatic carbocycles. The largest absolute Gasteiger partial charge is 0.0622 e. The van der Waals surface area contributed by atoms with Crippen LogP contribution in [0.5, 0.6) is 0 Å². The lowest BCUT2D eigenvalue weighted by molar-refractivity contribution is 0.628. The molecule has 7 rings (SSSR count). The van der Waals surface area contributed by atoms with E-state index in [1.807, 2.05) is 0 Å². The smallest absolute Gasteiger partial charge is 0.0177 e. The highest BCUT2D eigenvalue weighted by Gasteiger charge is 2.40. The molecule has 0 aliphatic heterocycles. The van der Waals surface area contributed by atoms with Crippen LogP contribution in [0.1, 0.15) is 51.6 Å². The number of hydrogen-bond donors (Lipinski definition) is 0. The summed E-state index contributed by atoms with van der Waals surface area (Å²) in [7, 11) is 0. The second-order valence-corrected chi connectivity index (χ2v) is 9.59. The molecule has 5 aromatic rings. The van der Waals surface area contributed by atoms with Crippen molar-refractivity contribution in [1.82, 2.24) is 0 Å². The maximum Gasteiger partial charge on any atom is 0.0177 e. The normalized spacial score (nSPS) is 18.8. The molecule has 0 bridgehead atoms. The molecule has 0 fully saturated rings. The van der Waals surface area contributed by atoms with Crippen molar-refractivity contribution in [3.05, 3.63) is 155 Å². The number of fused-ring (bicyclic) bond motifs is 3. The summed E-state index contributed by atoms with van der Waals surface area (Å²) in [5.74, 6) is 0.841. The first-order chi connectivity index (χ1) is 16.9. The van der Waals surface area contributed by atoms with Crippen molar-refractivity contribution in [1.29, 1.82) is 0 Å². The van der Waals surface area contributed by atoms with Crippen molar-refractivity contribution in [3.8, 4) is 0 Å². The summed E-state index contributed by atoms with van der Waals surface area (Å²) < 4.78 is 0. The zero-order chi connectivity index (χ0) is 22.5. The summed E-state index contributed by atoms with van der Waals surface area (Å²) in [5.41, 5.74) is 11.5. The van der Waals surface area contributed by atoms with Crippen LogP contribution in [-0.2, 0) is 6.42 Å². The minimum atomic E-state index is 0.348. The summed E-state index contributed by atoms with van der Waals surface area (Å²) in [6.07, 6.45) is 2.37. The van der Waals surface area contributed by atoms with E-state index < -0.39 is 0 Å².